The predicted molar refractivity (Wildman–Crippen MR) is 197 cm³/mol. The van der Waals surface area contributed by atoms with Crippen LogP contribution in [-0.4, -0.2) is 19.3 Å². The van der Waals surface area contributed by atoms with Gasteiger partial charge in [0.15, 0.2) is 0 Å². The van der Waals surface area contributed by atoms with Crippen LogP contribution in [0.25, 0.3) is 44.4 Å². The topological polar surface area (TPSA) is 44.9 Å². The number of ether oxygens (including phenoxy) is 1. The van der Waals surface area contributed by atoms with Crippen LogP contribution in [0.4, 0.5) is 0 Å². The summed E-state index contributed by atoms with van der Waals surface area (Å²) in [6.45, 7) is 13.3. The first-order valence-corrected chi connectivity index (χ1v) is 17.1. The smallest absolute Gasteiger partial charge is 0.509 e. The number of rotatable bonds is 10. The molecular weight excluding hydrogens is 784 g/mol. The molecule has 3 heterocycles. The molecule has 49 heavy (non-hydrogen) atoms. The third-order valence-electron chi connectivity index (χ3n) is 9.10. The van der Waals surface area contributed by atoms with E-state index in [9.17, 15) is 0 Å². The Labute approximate surface area is 304 Å². The maximum absolute atomic E-state index is 6.58. The molecule has 0 saturated heterocycles. The first kappa shape index (κ1) is 34.4. The quantitative estimate of drug-likeness (QED) is 0.129. The van der Waals surface area contributed by atoms with Gasteiger partial charge in [-0.1, -0.05) is 83.5 Å². The molecule has 3 aromatic heterocycles. The molecule has 0 amide bonds. The van der Waals surface area contributed by atoms with Crippen molar-refractivity contribution < 1.29 is 25.8 Å². The number of para-hydroxylation sites is 1. The van der Waals surface area contributed by atoms with Crippen molar-refractivity contribution in [2.75, 3.05) is 0 Å². The zero-order valence-corrected chi connectivity index (χ0v) is 31.3. The van der Waals surface area contributed by atoms with Gasteiger partial charge in [0.2, 0.25) is 0 Å². The third-order valence-corrected chi connectivity index (χ3v) is 9.10. The van der Waals surface area contributed by atoms with Crippen molar-refractivity contribution in [2.24, 2.45) is 5.92 Å². The van der Waals surface area contributed by atoms with Gasteiger partial charge in [-0.15, -0.1) is 41.3 Å². The van der Waals surface area contributed by atoms with Gasteiger partial charge in [0.1, 0.15) is 5.82 Å². The maximum Gasteiger partial charge on any atom is 2.00 e. The van der Waals surface area contributed by atoms with Crippen molar-refractivity contribution in [1.82, 2.24) is 19.3 Å². The second-order valence-electron chi connectivity index (χ2n) is 13.3. The minimum absolute atomic E-state index is 0. The summed E-state index contributed by atoms with van der Waals surface area (Å²) in [5.41, 5.74) is 10.4. The summed E-state index contributed by atoms with van der Waals surface area (Å²) in [6, 6.07) is 34.8. The Morgan fingerprint density at radius 2 is 1.57 bits per heavy atom. The van der Waals surface area contributed by atoms with Gasteiger partial charge in [-0.3, -0.25) is 4.68 Å². The van der Waals surface area contributed by atoms with E-state index in [1.165, 1.54) is 22.3 Å². The molecule has 0 aliphatic rings. The summed E-state index contributed by atoms with van der Waals surface area (Å²) in [6.07, 6.45) is 8.94. The summed E-state index contributed by atoms with van der Waals surface area (Å²) < 4.78 is 10.7. The second kappa shape index (κ2) is 14.6. The molecule has 5 nitrogen and oxygen atoms in total. The molecule has 6 heteroatoms. The molecule has 4 aromatic carbocycles. The van der Waals surface area contributed by atoms with Gasteiger partial charge < -0.3 is 9.30 Å². The zero-order valence-electron chi connectivity index (χ0n) is 29.0. The van der Waals surface area contributed by atoms with E-state index in [0.29, 0.717) is 23.3 Å². The SMILES string of the molecule is CCc1cccc(CC)c1-c1cnn(-c2[c-]c(Oc3[c-]c4c(cc3)c3ccccc3n4-c3cc(CC(C)C)ccn3)cc(C(C)C)c2)c1.[Pt+2]. The van der Waals surface area contributed by atoms with Crippen molar-refractivity contribution >= 4 is 21.8 Å². The number of benzene rings is 4. The molecule has 250 valence electrons. The van der Waals surface area contributed by atoms with Crippen LogP contribution in [0.1, 0.15) is 69.7 Å². The first-order valence-electron chi connectivity index (χ1n) is 17.1. The molecule has 0 aliphatic carbocycles. The monoisotopic (exact) mass is 825 g/mol. The molecule has 0 radical (unpaired) electrons. The largest absolute Gasteiger partial charge is 2.00 e. The van der Waals surface area contributed by atoms with E-state index in [1.54, 1.807) is 0 Å². The summed E-state index contributed by atoms with van der Waals surface area (Å²) in [5, 5.41) is 7.08. The van der Waals surface area contributed by atoms with Gasteiger partial charge in [0.25, 0.3) is 0 Å². The van der Waals surface area contributed by atoms with Crippen LogP contribution < -0.4 is 4.74 Å². The molecule has 0 aliphatic heterocycles. The fourth-order valence-electron chi connectivity index (χ4n) is 6.73. The number of hydrogen-bond donors (Lipinski definition) is 0. The van der Waals surface area contributed by atoms with Crippen molar-refractivity contribution in [3.05, 3.63) is 132 Å². The molecule has 0 unspecified atom stereocenters. The van der Waals surface area contributed by atoms with Crippen LogP contribution in [0.5, 0.6) is 11.5 Å². The Morgan fingerprint density at radius 1 is 0.796 bits per heavy atom. The summed E-state index contributed by atoms with van der Waals surface area (Å²) in [4.78, 5) is 4.81. The van der Waals surface area contributed by atoms with Crippen LogP contribution in [0.2, 0.25) is 0 Å². The Kier molecular flexibility index (Phi) is 10.2. The number of aryl methyl sites for hydroxylation is 2. The first-order chi connectivity index (χ1) is 23.3. The van der Waals surface area contributed by atoms with Crippen LogP contribution in [-0.2, 0) is 40.3 Å². The predicted octanol–water partition coefficient (Wildman–Crippen LogP) is 10.9. The molecular formula is C43H42N4OPt. The van der Waals surface area contributed by atoms with E-state index in [1.807, 2.05) is 23.1 Å². The number of pyridine rings is 1. The van der Waals surface area contributed by atoms with Gasteiger partial charge in [-0.2, -0.15) is 11.2 Å². The fourth-order valence-corrected chi connectivity index (χ4v) is 6.73. The van der Waals surface area contributed by atoms with Crippen molar-refractivity contribution in [3.63, 3.8) is 0 Å². The van der Waals surface area contributed by atoms with Crippen LogP contribution in [0.15, 0.2) is 97.5 Å². The number of hydrogen-bond acceptors (Lipinski definition) is 3. The minimum atomic E-state index is 0. The Bertz CT molecular complexity index is 2220. The second-order valence-corrected chi connectivity index (χ2v) is 13.3. The molecule has 0 spiro atoms. The number of fused-ring (bicyclic) bond motifs is 3. The molecule has 7 rings (SSSR count). The van der Waals surface area contributed by atoms with Gasteiger partial charge in [0, 0.05) is 35.0 Å². The zero-order chi connectivity index (χ0) is 33.4. The third kappa shape index (κ3) is 6.87. The van der Waals surface area contributed by atoms with Crippen molar-refractivity contribution in [3.8, 4) is 34.1 Å². The molecule has 0 fully saturated rings. The minimum Gasteiger partial charge on any atom is -0.509 e. The summed E-state index contributed by atoms with van der Waals surface area (Å²) in [7, 11) is 0. The van der Waals surface area contributed by atoms with Crippen LogP contribution >= 0.6 is 0 Å². The number of nitrogens with zero attached hydrogens (tertiary/aromatic N) is 4. The van der Waals surface area contributed by atoms with Gasteiger partial charge >= 0.3 is 21.1 Å². The average molecular weight is 826 g/mol. The van der Waals surface area contributed by atoms with Crippen molar-refractivity contribution in [2.45, 2.75) is 66.7 Å². The normalized spacial score (nSPS) is 11.5. The number of aromatic nitrogens is 4. The average Bonchev–Trinajstić information content (AvgIpc) is 3.71. The Hall–Kier alpha value is -4.47. The van der Waals surface area contributed by atoms with E-state index in [4.69, 9.17) is 14.8 Å². The Morgan fingerprint density at radius 3 is 2.31 bits per heavy atom. The van der Waals surface area contributed by atoms with E-state index >= 15 is 0 Å². The molecule has 0 atom stereocenters. The summed E-state index contributed by atoms with van der Waals surface area (Å²) >= 11 is 0. The van der Waals surface area contributed by atoms with Crippen LogP contribution in [0.3, 0.4) is 0 Å². The van der Waals surface area contributed by atoms with Gasteiger partial charge in [-0.25, -0.2) is 4.98 Å². The van der Waals surface area contributed by atoms with E-state index < -0.39 is 0 Å². The molecule has 0 N–H and O–H groups in total. The Balaban J connectivity index is 0.00000417. The van der Waals surface area contributed by atoms with E-state index in [-0.39, 0.29) is 21.1 Å². The van der Waals surface area contributed by atoms with Crippen LogP contribution in [0, 0.1) is 18.1 Å². The molecule has 0 saturated carbocycles. The van der Waals surface area contributed by atoms with Gasteiger partial charge in [0.05, 0.1) is 6.20 Å². The molecule has 7 aromatic rings. The molecule has 0 bridgehead atoms. The maximum atomic E-state index is 6.58. The fraction of sp³-hybridized carbons (Fsp3) is 0.256. The van der Waals surface area contributed by atoms with E-state index in [2.05, 4.69) is 137 Å². The van der Waals surface area contributed by atoms with Crippen molar-refractivity contribution in [1.29, 1.82) is 0 Å². The van der Waals surface area contributed by atoms with E-state index in [0.717, 1.165) is 63.7 Å². The summed E-state index contributed by atoms with van der Waals surface area (Å²) in [5.74, 6) is 2.99. The van der Waals surface area contributed by atoms with Gasteiger partial charge in [-0.05, 0) is 82.6 Å². The standard InChI is InChI=1S/C43H42N4O.Pt/c1-7-31-12-11-13-32(8-2)43(31)34-26-45-46(27-34)35-22-33(29(5)6)23-37(24-35)48-36-16-17-39-38-14-9-10-15-40(38)47(41(39)25-36)42-21-30(18-19-44-42)20-28(3)4;/h9-19,21-23,26-29H,7-8,20H2,1-6H3;/q-2;+2.